The van der Waals surface area contributed by atoms with Crippen molar-refractivity contribution >= 4 is 11.6 Å². The second-order valence-corrected chi connectivity index (χ2v) is 3.11. The van der Waals surface area contributed by atoms with Gasteiger partial charge < -0.3 is 4.90 Å². The van der Waals surface area contributed by atoms with Crippen LogP contribution in [0.4, 0.5) is 4.39 Å². The molecule has 0 N–H and O–H groups in total. The summed E-state index contributed by atoms with van der Waals surface area (Å²) < 4.78 is 12.7. The lowest BCUT2D eigenvalue weighted by atomic mass is 10.2. The van der Waals surface area contributed by atoms with Gasteiger partial charge in [0, 0.05) is 7.05 Å². The second kappa shape index (κ2) is 4.11. The van der Waals surface area contributed by atoms with Crippen LogP contribution < -0.4 is 0 Å². The number of nitriles is 1. The third-order valence-electron chi connectivity index (χ3n) is 1.57. The molecule has 0 radical (unpaired) electrons. The SMILES string of the molecule is CN(C#N)Cc1ccc(F)c(Cl)c1. The normalized spacial score (nSPS) is 9.38. The molecule has 0 heterocycles. The van der Waals surface area contributed by atoms with Crippen molar-refractivity contribution in [1.29, 1.82) is 5.26 Å². The van der Waals surface area contributed by atoms with Gasteiger partial charge in [-0.05, 0) is 17.7 Å². The van der Waals surface area contributed by atoms with Crippen molar-refractivity contribution in [3.8, 4) is 6.19 Å². The first-order chi connectivity index (χ1) is 6.13. The van der Waals surface area contributed by atoms with E-state index in [4.69, 9.17) is 16.9 Å². The third kappa shape index (κ3) is 2.60. The third-order valence-corrected chi connectivity index (χ3v) is 1.86. The van der Waals surface area contributed by atoms with Crippen LogP contribution in [0, 0.1) is 17.3 Å². The van der Waals surface area contributed by atoms with Crippen molar-refractivity contribution in [3.63, 3.8) is 0 Å². The van der Waals surface area contributed by atoms with E-state index in [1.54, 1.807) is 13.1 Å². The number of hydrogen-bond donors (Lipinski definition) is 0. The molecule has 0 saturated carbocycles. The van der Waals surface area contributed by atoms with Crippen LogP contribution in [-0.4, -0.2) is 11.9 Å². The van der Waals surface area contributed by atoms with Gasteiger partial charge in [-0.2, -0.15) is 5.26 Å². The van der Waals surface area contributed by atoms with Gasteiger partial charge in [0.1, 0.15) is 5.82 Å². The van der Waals surface area contributed by atoms with Crippen LogP contribution in [0.3, 0.4) is 0 Å². The number of benzene rings is 1. The van der Waals surface area contributed by atoms with Gasteiger partial charge in [0.25, 0.3) is 0 Å². The Bertz CT molecular complexity index is 346. The Kier molecular flexibility index (Phi) is 3.10. The molecule has 0 aliphatic rings. The molecule has 0 fully saturated rings. The van der Waals surface area contributed by atoms with Crippen LogP contribution in [0.5, 0.6) is 0 Å². The van der Waals surface area contributed by atoms with Crippen molar-refractivity contribution in [2.75, 3.05) is 7.05 Å². The summed E-state index contributed by atoms with van der Waals surface area (Å²) in [4.78, 5) is 1.43. The molecule has 0 saturated heterocycles. The Morgan fingerprint density at radius 1 is 1.62 bits per heavy atom. The van der Waals surface area contributed by atoms with E-state index in [1.807, 2.05) is 6.19 Å². The first-order valence-electron chi connectivity index (χ1n) is 3.68. The van der Waals surface area contributed by atoms with Crippen LogP contribution in [-0.2, 0) is 6.54 Å². The molecule has 0 atom stereocenters. The van der Waals surface area contributed by atoms with E-state index >= 15 is 0 Å². The number of hydrogen-bond acceptors (Lipinski definition) is 2. The molecular formula is C9H8ClFN2. The number of rotatable bonds is 2. The number of nitrogens with zero attached hydrogens (tertiary/aromatic N) is 2. The average Bonchev–Trinajstić information content (AvgIpc) is 2.11. The largest absolute Gasteiger partial charge is 0.309 e. The maximum Gasteiger partial charge on any atom is 0.179 e. The van der Waals surface area contributed by atoms with Crippen LogP contribution in [0.15, 0.2) is 18.2 Å². The van der Waals surface area contributed by atoms with E-state index in [9.17, 15) is 4.39 Å². The van der Waals surface area contributed by atoms with Gasteiger partial charge in [-0.3, -0.25) is 0 Å². The molecule has 4 heteroatoms. The summed E-state index contributed by atoms with van der Waals surface area (Å²) in [5, 5.41) is 8.58. The highest BCUT2D eigenvalue weighted by molar-refractivity contribution is 6.30. The van der Waals surface area contributed by atoms with Crippen LogP contribution in [0.25, 0.3) is 0 Å². The molecule has 0 spiro atoms. The molecule has 0 unspecified atom stereocenters. The standard InChI is InChI=1S/C9H8ClFN2/c1-13(6-12)5-7-2-3-9(11)8(10)4-7/h2-4H,5H2,1H3. The van der Waals surface area contributed by atoms with Crippen molar-refractivity contribution in [3.05, 3.63) is 34.6 Å². The Morgan fingerprint density at radius 3 is 2.85 bits per heavy atom. The first-order valence-corrected chi connectivity index (χ1v) is 4.06. The summed E-state index contributed by atoms with van der Waals surface area (Å²) in [7, 11) is 1.65. The Balaban J connectivity index is 2.81. The van der Waals surface area contributed by atoms with Gasteiger partial charge in [-0.1, -0.05) is 17.7 Å². The smallest absolute Gasteiger partial charge is 0.179 e. The van der Waals surface area contributed by atoms with Gasteiger partial charge in [0.2, 0.25) is 0 Å². The summed E-state index contributed by atoms with van der Waals surface area (Å²) in [6, 6.07) is 4.42. The fourth-order valence-corrected chi connectivity index (χ4v) is 1.15. The van der Waals surface area contributed by atoms with Crippen LogP contribution in [0.1, 0.15) is 5.56 Å². The zero-order valence-corrected chi connectivity index (χ0v) is 7.85. The molecule has 1 aromatic rings. The Hall–Kier alpha value is -1.27. The van der Waals surface area contributed by atoms with E-state index in [1.165, 1.54) is 17.0 Å². The molecule has 68 valence electrons. The molecule has 0 amide bonds. The summed E-state index contributed by atoms with van der Waals surface area (Å²) >= 11 is 5.56. The fourth-order valence-electron chi connectivity index (χ4n) is 0.947. The predicted molar refractivity (Wildman–Crippen MR) is 48.5 cm³/mol. The Morgan fingerprint density at radius 2 is 2.31 bits per heavy atom. The molecule has 13 heavy (non-hydrogen) atoms. The van der Waals surface area contributed by atoms with E-state index in [-0.39, 0.29) is 5.02 Å². The lowest BCUT2D eigenvalue weighted by molar-refractivity contribution is 0.469. The van der Waals surface area contributed by atoms with E-state index in [0.717, 1.165) is 5.56 Å². The van der Waals surface area contributed by atoms with Gasteiger partial charge >= 0.3 is 0 Å². The van der Waals surface area contributed by atoms with Crippen molar-refractivity contribution in [2.45, 2.75) is 6.54 Å². The van der Waals surface area contributed by atoms with Gasteiger partial charge in [0.15, 0.2) is 6.19 Å². The minimum atomic E-state index is -0.440. The summed E-state index contributed by atoms with van der Waals surface area (Å²) in [5.74, 6) is -0.440. The van der Waals surface area contributed by atoms with Crippen LogP contribution in [0.2, 0.25) is 5.02 Å². The minimum Gasteiger partial charge on any atom is -0.309 e. The van der Waals surface area contributed by atoms with Gasteiger partial charge in [-0.15, -0.1) is 0 Å². The molecule has 0 aromatic heterocycles. The molecule has 2 nitrogen and oxygen atoms in total. The monoisotopic (exact) mass is 198 g/mol. The zero-order valence-electron chi connectivity index (χ0n) is 7.09. The molecule has 0 bridgehead atoms. The topological polar surface area (TPSA) is 27.0 Å². The molecule has 0 aliphatic heterocycles. The molecule has 0 aliphatic carbocycles. The summed E-state index contributed by atoms with van der Waals surface area (Å²) in [5.41, 5.74) is 0.815. The second-order valence-electron chi connectivity index (χ2n) is 2.70. The van der Waals surface area contributed by atoms with Crippen molar-refractivity contribution < 1.29 is 4.39 Å². The predicted octanol–water partition coefficient (Wildman–Crippen LogP) is 2.39. The quantitative estimate of drug-likeness (QED) is 0.539. The van der Waals surface area contributed by atoms with E-state index in [0.29, 0.717) is 6.54 Å². The molecule has 1 aromatic carbocycles. The van der Waals surface area contributed by atoms with Gasteiger partial charge in [0.05, 0.1) is 11.6 Å². The average molecular weight is 199 g/mol. The van der Waals surface area contributed by atoms with Crippen molar-refractivity contribution in [2.24, 2.45) is 0 Å². The van der Waals surface area contributed by atoms with Crippen molar-refractivity contribution in [1.82, 2.24) is 4.90 Å². The number of halogens is 2. The Labute approximate surface area is 81.1 Å². The lowest BCUT2D eigenvalue weighted by Gasteiger charge is -2.08. The highest BCUT2D eigenvalue weighted by Crippen LogP contribution is 2.16. The maximum atomic E-state index is 12.7. The highest BCUT2D eigenvalue weighted by atomic mass is 35.5. The lowest BCUT2D eigenvalue weighted by Crippen LogP contribution is -2.09. The zero-order chi connectivity index (χ0) is 9.84. The minimum absolute atomic E-state index is 0.0869. The first kappa shape index (κ1) is 9.82. The van der Waals surface area contributed by atoms with Gasteiger partial charge in [-0.25, -0.2) is 4.39 Å². The molecular weight excluding hydrogens is 191 g/mol. The van der Waals surface area contributed by atoms with E-state index in [2.05, 4.69) is 0 Å². The van der Waals surface area contributed by atoms with Crippen LogP contribution >= 0.6 is 11.6 Å². The molecule has 1 rings (SSSR count). The van der Waals surface area contributed by atoms with E-state index < -0.39 is 5.82 Å². The summed E-state index contributed by atoms with van der Waals surface area (Å²) in [6.07, 6.45) is 1.94. The highest BCUT2D eigenvalue weighted by Gasteiger charge is 2.02. The maximum absolute atomic E-state index is 12.7. The summed E-state index contributed by atoms with van der Waals surface area (Å²) in [6.45, 7) is 0.441. The fraction of sp³-hybridized carbons (Fsp3) is 0.222.